The van der Waals surface area contributed by atoms with Crippen molar-refractivity contribution in [2.45, 2.75) is 18.9 Å². The first-order chi connectivity index (χ1) is 12.7. The number of carbonyl (C=O) groups excluding carboxylic acids is 1. The van der Waals surface area contributed by atoms with Gasteiger partial charge in [-0.2, -0.15) is 5.10 Å². The molecule has 5 nitrogen and oxygen atoms in total. The number of benzene rings is 2. The van der Waals surface area contributed by atoms with Crippen molar-refractivity contribution in [1.29, 1.82) is 0 Å². The lowest BCUT2D eigenvalue weighted by molar-refractivity contribution is 0.0943. The Hall–Kier alpha value is -2.79. The van der Waals surface area contributed by atoms with Gasteiger partial charge in [0.25, 0.3) is 5.91 Å². The first-order valence-electron chi connectivity index (χ1n) is 8.46. The number of halogens is 1. The van der Waals surface area contributed by atoms with Crippen molar-refractivity contribution in [2.24, 2.45) is 0 Å². The Kier molecular flexibility index (Phi) is 4.39. The highest BCUT2D eigenvalue weighted by molar-refractivity contribution is 6.32. The van der Waals surface area contributed by atoms with Crippen LogP contribution in [0.1, 0.15) is 23.3 Å². The fourth-order valence-corrected chi connectivity index (χ4v) is 2.96. The number of ether oxygens (including phenoxy) is 1. The van der Waals surface area contributed by atoms with Crippen LogP contribution in [0, 0.1) is 0 Å². The fraction of sp³-hybridized carbons (Fsp3) is 0.200. The molecule has 0 radical (unpaired) electrons. The highest BCUT2D eigenvalue weighted by atomic mass is 35.5. The summed E-state index contributed by atoms with van der Waals surface area (Å²) in [5, 5.41) is 8.21. The van der Waals surface area contributed by atoms with Gasteiger partial charge in [0, 0.05) is 11.6 Å². The minimum atomic E-state index is -0.139. The van der Waals surface area contributed by atoms with Gasteiger partial charge in [-0.15, -0.1) is 0 Å². The predicted octanol–water partition coefficient (Wildman–Crippen LogP) is 4.09. The summed E-state index contributed by atoms with van der Waals surface area (Å²) in [7, 11) is 1.63. The molecular formula is C20H18ClN3O2. The topological polar surface area (TPSA) is 56.1 Å². The molecule has 132 valence electrons. The summed E-state index contributed by atoms with van der Waals surface area (Å²) in [6.07, 6.45) is 2.05. The van der Waals surface area contributed by atoms with Gasteiger partial charge in [0.05, 0.1) is 23.5 Å². The van der Waals surface area contributed by atoms with Crippen LogP contribution in [0.3, 0.4) is 0 Å². The number of nitrogens with one attached hydrogen (secondary N) is 1. The van der Waals surface area contributed by atoms with Crippen molar-refractivity contribution in [3.63, 3.8) is 0 Å². The first kappa shape index (κ1) is 16.7. The van der Waals surface area contributed by atoms with E-state index in [0.29, 0.717) is 22.1 Å². The van der Waals surface area contributed by atoms with E-state index in [4.69, 9.17) is 16.3 Å². The van der Waals surface area contributed by atoms with Crippen LogP contribution >= 0.6 is 11.6 Å². The molecule has 1 aromatic heterocycles. The lowest BCUT2D eigenvalue weighted by atomic mass is 10.1. The van der Waals surface area contributed by atoms with Gasteiger partial charge in [0.15, 0.2) is 0 Å². The summed E-state index contributed by atoms with van der Waals surface area (Å²) >= 11 is 6.34. The van der Waals surface area contributed by atoms with Crippen LogP contribution in [0.4, 0.5) is 0 Å². The number of rotatable bonds is 5. The molecule has 0 unspecified atom stereocenters. The summed E-state index contributed by atoms with van der Waals surface area (Å²) in [5.41, 5.74) is 2.75. The van der Waals surface area contributed by atoms with Crippen LogP contribution in [0.25, 0.3) is 16.9 Å². The molecule has 6 heteroatoms. The lowest BCUT2D eigenvalue weighted by Gasteiger charge is -2.09. The van der Waals surface area contributed by atoms with Crippen molar-refractivity contribution < 1.29 is 9.53 Å². The molecule has 1 amide bonds. The van der Waals surface area contributed by atoms with Crippen LogP contribution in [0.5, 0.6) is 5.75 Å². The van der Waals surface area contributed by atoms with E-state index in [9.17, 15) is 4.79 Å². The van der Waals surface area contributed by atoms with E-state index in [0.717, 1.165) is 24.2 Å². The van der Waals surface area contributed by atoms with Gasteiger partial charge in [0.1, 0.15) is 11.4 Å². The SMILES string of the molecule is COc1ccc(-c2cc(C(=O)NC3CC3)n(-c3ccccc3Cl)n2)cc1. The normalized spacial score (nSPS) is 13.5. The number of amides is 1. The van der Waals surface area contributed by atoms with Gasteiger partial charge in [0.2, 0.25) is 0 Å². The summed E-state index contributed by atoms with van der Waals surface area (Å²) in [5.74, 6) is 0.630. The summed E-state index contributed by atoms with van der Waals surface area (Å²) < 4.78 is 6.81. The van der Waals surface area contributed by atoms with Crippen molar-refractivity contribution in [2.75, 3.05) is 7.11 Å². The van der Waals surface area contributed by atoms with E-state index in [2.05, 4.69) is 10.4 Å². The third kappa shape index (κ3) is 3.30. The van der Waals surface area contributed by atoms with Gasteiger partial charge >= 0.3 is 0 Å². The fourth-order valence-electron chi connectivity index (χ4n) is 2.74. The maximum absolute atomic E-state index is 12.7. The minimum absolute atomic E-state index is 0.139. The zero-order valence-corrected chi connectivity index (χ0v) is 15.0. The van der Waals surface area contributed by atoms with Gasteiger partial charge in [-0.1, -0.05) is 23.7 Å². The second-order valence-corrected chi connectivity index (χ2v) is 6.66. The Labute approximate surface area is 156 Å². The van der Waals surface area contributed by atoms with Crippen LogP contribution in [0.15, 0.2) is 54.6 Å². The van der Waals surface area contributed by atoms with Crippen molar-refractivity contribution in [3.8, 4) is 22.7 Å². The number of carbonyl (C=O) groups is 1. The zero-order valence-electron chi connectivity index (χ0n) is 14.3. The molecule has 2 aromatic carbocycles. The molecule has 0 spiro atoms. The van der Waals surface area contributed by atoms with Crippen LogP contribution in [0.2, 0.25) is 5.02 Å². The average molecular weight is 368 g/mol. The third-order valence-corrected chi connectivity index (χ3v) is 4.64. The smallest absolute Gasteiger partial charge is 0.270 e. The molecule has 1 heterocycles. The second kappa shape index (κ2) is 6.84. The molecule has 1 aliphatic rings. The molecule has 1 saturated carbocycles. The number of aromatic nitrogens is 2. The van der Waals surface area contributed by atoms with E-state index in [1.807, 2.05) is 42.5 Å². The number of methoxy groups -OCH3 is 1. The second-order valence-electron chi connectivity index (χ2n) is 6.25. The Balaban J connectivity index is 1.78. The van der Waals surface area contributed by atoms with Gasteiger partial charge in [-0.25, -0.2) is 4.68 Å². The van der Waals surface area contributed by atoms with Gasteiger partial charge < -0.3 is 10.1 Å². The third-order valence-electron chi connectivity index (χ3n) is 4.32. The van der Waals surface area contributed by atoms with E-state index < -0.39 is 0 Å². The van der Waals surface area contributed by atoms with Gasteiger partial charge in [-0.05, 0) is 55.3 Å². The van der Waals surface area contributed by atoms with Crippen molar-refractivity contribution >= 4 is 17.5 Å². The lowest BCUT2D eigenvalue weighted by Crippen LogP contribution is -2.27. The van der Waals surface area contributed by atoms with Crippen LogP contribution in [-0.2, 0) is 0 Å². The quantitative estimate of drug-likeness (QED) is 0.738. The molecule has 1 N–H and O–H groups in total. The van der Waals surface area contributed by atoms with E-state index in [1.165, 1.54) is 0 Å². The zero-order chi connectivity index (χ0) is 18.1. The van der Waals surface area contributed by atoms with Crippen molar-refractivity contribution in [3.05, 3.63) is 65.3 Å². The van der Waals surface area contributed by atoms with Crippen molar-refractivity contribution in [1.82, 2.24) is 15.1 Å². The maximum atomic E-state index is 12.7. The number of hydrogen-bond acceptors (Lipinski definition) is 3. The molecule has 0 saturated heterocycles. The number of hydrogen-bond donors (Lipinski definition) is 1. The predicted molar refractivity (Wildman–Crippen MR) is 101 cm³/mol. The molecule has 0 atom stereocenters. The Morgan fingerprint density at radius 3 is 2.58 bits per heavy atom. The average Bonchev–Trinajstić information content (AvgIpc) is 3.37. The molecule has 0 bridgehead atoms. The highest BCUT2D eigenvalue weighted by Gasteiger charge is 2.26. The minimum Gasteiger partial charge on any atom is -0.497 e. The molecular weight excluding hydrogens is 350 g/mol. The molecule has 26 heavy (non-hydrogen) atoms. The standard InChI is InChI=1S/C20H18ClN3O2/c1-26-15-10-6-13(7-11-15)17-12-19(20(25)22-14-8-9-14)24(23-17)18-5-3-2-4-16(18)21/h2-7,10-12,14H,8-9H2,1H3,(H,22,25). The van der Waals surface area contributed by atoms with Gasteiger partial charge in [-0.3, -0.25) is 4.79 Å². The summed E-state index contributed by atoms with van der Waals surface area (Å²) in [6, 6.07) is 17.0. The van der Waals surface area contributed by atoms with E-state index in [1.54, 1.807) is 23.9 Å². The summed E-state index contributed by atoms with van der Waals surface area (Å²) in [4.78, 5) is 12.7. The Morgan fingerprint density at radius 1 is 1.19 bits per heavy atom. The largest absolute Gasteiger partial charge is 0.497 e. The number of nitrogens with zero attached hydrogens (tertiary/aromatic N) is 2. The Morgan fingerprint density at radius 2 is 1.92 bits per heavy atom. The Bertz CT molecular complexity index is 946. The van der Waals surface area contributed by atoms with Crippen LogP contribution < -0.4 is 10.1 Å². The molecule has 3 aromatic rings. The molecule has 0 aliphatic heterocycles. The first-order valence-corrected chi connectivity index (χ1v) is 8.84. The molecule has 1 aliphatic carbocycles. The molecule has 1 fully saturated rings. The maximum Gasteiger partial charge on any atom is 0.270 e. The monoisotopic (exact) mass is 367 g/mol. The van der Waals surface area contributed by atoms with E-state index in [-0.39, 0.29) is 11.9 Å². The molecule has 4 rings (SSSR count). The van der Waals surface area contributed by atoms with Crippen LogP contribution in [-0.4, -0.2) is 28.8 Å². The number of para-hydroxylation sites is 1. The van der Waals surface area contributed by atoms with E-state index >= 15 is 0 Å². The summed E-state index contributed by atoms with van der Waals surface area (Å²) in [6.45, 7) is 0. The highest BCUT2D eigenvalue weighted by Crippen LogP contribution is 2.27.